The van der Waals surface area contributed by atoms with Crippen LogP contribution in [0.1, 0.15) is 12.0 Å². The van der Waals surface area contributed by atoms with Crippen LogP contribution < -0.4 is 19.5 Å². The number of hydrogen-bond donors (Lipinski definition) is 1. The average molecular weight is 445 g/mol. The van der Waals surface area contributed by atoms with Gasteiger partial charge in [0.25, 0.3) is 0 Å². The molecule has 10 heteroatoms. The normalized spacial score (nSPS) is 13.7. The first-order valence-electron chi connectivity index (χ1n) is 9.12. The van der Waals surface area contributed by atoms with Gasteiger partial charge in [0.05, 0.1) is 30.5 Å². The van der Waals surface area contributed by atoms with E-state index in [1.165, 1.54) is 18.2 Å². The first-order valence-corrected chi connectivity index (χ1v) is 9.50. The predicted octanol–water partition coefficient (Wildman–Crippen LogP) is 4.47. The van der Waals surface area contributed by atoms with Crippen molar-refractivity contribution in [3.05, 3.63) is 47.0 Å². The van der Waals surface area contributed by atoms with Crippen molar-refractivity contribution in [1.82, 2.24) is 4.90 Å². The molecule has 2 aromatic rings. The van der Waals surface area contributed by atoms with Gasteiger partial charge in [-0.2, -0.15) is 0 Å². The van der Waals surface area contributed by atoms with E-state index < -0.39 is 6.36 Å². The number of para-hydroxylation sites is 1. The number of carbonyl (C=O) groups excluding carboxylic acids is 1. The molecule has 1 aliphatic rings. The third-order valence-electron chi connectivity index (χ3n) is 4.16. The molecule has 1 N–H and O–H groups in total. The number of nitrogens with one attached hydrogen (secondary N) is 1. The minimum absolute atomic E-state index is 0.0779. The summed E-state index contributed by atoms with van der Waals surface area (Å²) in [6.45, 7) is 1.00. The first-order chi connectivity index (χ1) is 14.2. The predicted molar refractivity (Wildman–Crippen MR) is 105 cm³/mol. The number of fused-ring (bicyclic) bond motifs is 1. The third kappa shape index (κ3) is 6.17. The fourth-order valence-corrected chi connectivity index (χ4v) is 3.12. The van der Waals surface area contributed by atoms with E-state index in [4.69, 9.17) is 21.1 Å². The number of nitrogens with zero attached hydrogens (tertiary/aromatic N) is 1. The summed E-state index contributed by atoms with van der Waals surface area (Å²) >= 11 is 6.22. The van der Waals surface area contributed by atoms with Crippen LogP contribution in [0, 0.1) is 0 Å². The molecule has 6 nitrogen and oxygen atoms in total. The largest absolute Gasteiger partial charge is 0.573 e. The van der Waals surface area contributed by atoms with Crippen LogP contribution in [0.5, 0.6) is 17.2 Å². The van der Waals surface area contributed by atoms with Crippen molar-refractivity contribution < 1.29 is 32.2 Å². The molecule has 0 radical (unpaired) electrons. The number of ether oxygens (including phenoxy) is 3. The molecule has 1 aliphatic heterocycles. The summed E-state index contributed by atoms with van der Waals surface area (Å²) in [5.74, 6) is 0.305. The van der Waals surface area contributed by atoms with Crippen molar-refractivity contribution in [1.29, 1.82) is 0 Å². The minimum Gasteiger partial charge on any atom is -0.490 e. The summed E-state index contributed by atoms with van der Waals surface area (Å²) in [5, 5.41) is 2.98. The van der Waals surface area contributed by atoms with Crippen molar-refractivity contribution >= 4 is 23.2 Å². The maximum absolute atomic E-state index is 12.6. The Morgan fingerprint density at radius 2 is 1.87 bits per heavy atom. The molecule has 1 heterocycles. The van der Waals surface area contributed by atoms with E-state index in [1.807, 2.05) is 0 Å². The lowest BCUT2D eigenvalue weighted by Crippen LogP contribution is -2.30. The Balaban J connectivity index is 1.63. The van der Waals surface area contributed by atoms with Crippen LogP contribution in [0.3, 0.4) is 0 Å². The molecule has 3 rings (SSSR count). The second-order valence-corrected chi connectivity index (χ2v) is 7.11. The molecular formula is C20H20ClF3N2O4. The van der Waals surface area contributed by atoms with Crippen molar-refractivity contribution in [2.75, 3.05) is 32.1 Å². The number of rotatable bonds is 6. The number of anilines is 1. The molecule has 0 aliphatic carbocycles. The molecule has 2 aromatic carbocycles. The van der Waals surface area contributed by atoms with E-state index in [0.29, 0.717) is 41.0 Å². The number of halogens is 4. The van der Waals surface area contributed by atoms with Crippen LogP contribution in [0.2, 0.25) is 5.02 Å². The third-order valence-corrected chi connectivity index (χ3v) is 4.48. The fraction of sp³-hybridized carbons (Fsp3) is 0.350. The molecule has 0 saturated heterocycles. The van der Waals surface area contributed by atoms with Gasteiger partial charge in [0.15, 0.2) is 11.5 Å². The van der Waals surface area contributed by atoms with Gasteiger partial charge in [0.2, 0.25) is 5.91 Å². The van der Waals surface area contributed by atoms with E-state index in [-0.39, 0.29) is 24.7 Å². The van der Waals surface area contributed by atoms with E-state index >= 15 is 0 Å². The van der Waals surface area contributed by atoms with Gasteiger partial charge in [-0.3, -0.25) is 9.69 Å². The Hall–Kier alpha value is -2.65. The standard InChI is InChI=1S/C20H20ClF3N2O4/c1-26(11-13-5-2-3-6-16(13)30-20(22,23)24)12-19(27)25-15-10-18-17(9-14(15)21)28-7-4-8-29-18/h2-3,5-6,9-10H,4,7-8,11-12H2,1H3,(H,25,27). The molecule has 0 atom stereocenters. The van der Waals surface area contributed by atoms with Crippen molar-refractivity contribution in [3.63, 3.8) is 0 Å². The summed E-state index contributed by atoms with van der Waals surface area (Å²) in [6, 6.07) is 8.96. The van der Waals surface area contributed by atoms with E-state index in [1.54, 1.807) is 30.1 Å². The van der Waals surface area contributed by atoms with Crippen LogP contribution in [0.25, 0.3) is 0 Å². The molecule has 30 heavy (non-hydrogen) atoms. The number of benzene rings is 2. The first kappa shape index (κ1) is 22.0. The Kier molecular flexibility index (Phi) is 6.94. The molecule has 162 valence electrons. The molecule has 0 unspecified atom stereocenters. The van der Waals surface area contributed by atoms with Gasteiger partial charge in [-0.05, 0) is 13.1 Å². The van der Waals surface area contributed by atoms with Crippen molar-refractivity contribution in [3.8, 4) is 17.2 Å². The maximum Gasteiger partial charge on any atom is 0.573 e. The highest BCUT2D eigenvalue weighted by molar-refractivity contribution is 6.34. The molecule has 0 saturated carbocycles. The highest BCUT2D eigenvalue weighted by atomic mass is 35.5. The van der Waals surface area contributed by atoms with Gasteiger partial charge >= 0.3 is 6.36 Å². The number of carbonyl (C=O) groups is 1. The molecule has 1 amide bonds. The van der Waals surface area contributed by atoms with Crippen LogP contribution in [0.15, 0.2) is 36.4 Å². The van der Waals surface area contributed by atoms with Gasteiger partial charge in [-0.15, -0.1) is 13.2 Å². The molecular weight excluding hydrogens is 425 g/mol. The smallest absolute Gasteiger partial charge is 0.490 e. The minimum atomic E-state index is -4.79. The zero-order valence-electron chi connectivity index (χ0n) is 16.1. The Morgan fingerprint density at radius 3 is 2.57 bits per heavy atom. The number of likely N-dealkylation sites (N-methyl/N-ethyl adjacent to an activating group) is 1. The molecule has 0 aromatic heterocycles. The van der Waals surface area contributed by atoms with Gasteiger partial charge in [0, 0.05) is 30.7 Å². The summed E-state index contributed by atoms with van der Waals surface area (Å²) in [5.41, 5.74) is 0.666. The van der Waals surface area contributed by atoms with Crippen LogP contribution in [0.4, 0.5) is 18.9 Å². The highest BCUT2D eigenvalue weighted by Crippen LogP contribution is 2.37. The summed E-state index contributed by atoms with van der Waals surface area (Å²) in [4.78, 5) is 14.0. The van der Waals surface area contributed by atoms with Crippen molar-refractivity contribution in [2.45, 2.75) is 19.3 Å². The average Bonchev–Trinajstić information content (AvgIpc) is 2.87. The van der Waals surface area contributed by atoms with Crippen LogP contribution in [-0.4, -0.2) is 44.0 Å². The Labute approximate surface area is 176 Å². The molecule has 0 fully saturated rings. The highest BCUT2D eigenvalue weighted by Gasteiger charge is 2.32. The zero-order valence-corrected chi connectivity index (χ0v) is 16.8. The molecule has 0 bridgehead atoms. The lowest BCUT2D eigenvalue weighted by atomic mass is 10.2. The summed E-state index contributed by atoms with van der Waals surface area (Å²) < 4.78 is 52.9. The Bertz CT molecular complexity index is 908. The Morgan fingerprint density at radius 1 is 1.20 bits per heavy atom. The van der Waals surface area contributed by atoms with Crippen LogP contribution in [-0.2, 0) is 11.3 Å². The zero-order chi connectivity index (χ0) is 21.7. The lowest BCUT2D eigenvalue weighted by molar-refractivity contribution is -0.275. The van der Waals surface area contributed by atoms with Crippen LogP contribution >= 0.6 is 11.6 Å². The fourth-order valence-electron chi connectivity index (χ4n) is 2.92. The monoisotopic (exact) mass is 444 g/mol. The summed E-state index contributed by atoms with van der Waals surface area (Å²) in [6.07, 6.45) is -4.06. The van der Waals surface area contributed by atoms with Gasteiger partial charge in [-0.1, -0.05) is 29.8 Å². The quantitative estimate of drug-likeness (QED) is 0.712. The van der Waals surface area contributed by atoms with Gasteiger partial charge in [-0.25, -0.2) is 0 Å². The number of alkyl halides is 3. The molecule has 0 spiro atoms. The van der Waals surface area contributed by atoms with E-state index in [9.17, 15) is 18.0 Å². The van der Waals surface area contributed by atoms with E-state index in [0.717, 1.165) is 6.42 Å². The lowest BCUT2D eigenvalue weighted by Gasteiger charge is -2.19. The topological polar surface area (TPSA) is 60.0 Å². The maximum atomic E-state index is 12.6. The van der Waals surface area contributed by atoms with E-state index in [2.05, 4.69) is 10.1 Å². The van der Waals surface area contributed by atoms with Gasteiger partial charge < -0.3 is 19.5 Å². The second-order valence-electron chi connectivity index (χ2n) is 6.71. The van der Waals surface area contributed by atoms with Gasteiger partial charge in [0.1, 0.15) is 5.75 Å². The SMILES string of the molecule is CN(CC(=O)Nc1cc2c(cc1Cl)OCCCO2)Cc1ccccc1OC(F)(F)F. The van der Waals surface area contributed by atoms with Crippen molar-refractivity contribution in [2.24, 2.45) is 0 Å². The summed E-state index contributed by atoms with van der Waals surface area (Å²) in [7, 11) is 1.61. The number of amides is 1. The second kappa shape index (κ2) is 9.44. The number of hydrogen-bond acceptors (Lipinski definition) is 5.